The maximum absolute atomic E-state index is 13.2. The maximum atomic E-state index is 13.2. The summed E-state index contributed by atoms with van der Waals surface area (Å²) < 4.78 is 4.67. The van der Waals surface area contributed by atoms with Crippen LogP contribution in [0.1, 0.15) is 43.0 Å². The molecule has 132 valence electrons. The first-order valence-electron chi connectivity index (χ1n) is 8.28. The molecule has 0 N–H and O–H groups in total. The van der Waals surface area contributed by atoms with Crippen LogP contribution >= 0.6 is 32.1 Å². The molecule has 0 bridgehead atoms. The van der Waals surface area contributed by atoms with Crippen molar-refractivity contribution in [3.63, 3.8) is 0 Å². The summed E-state index contributed by atoms with van der Waals surface area (Å²) >= 11 is 6.43. The Kier molecular flexibility index (Phi) is 4.66. The molecule has 0 saturated carbocycles. The lowest BCUT2D eigenvalue weighted by Gasteiger charge is -2.20. The number of benzene rings is 3. The summed E-state index contributed by atoms with van der Waals surface area (Å²) in [5.41, 5.74) is 3.66. The normalized spacial score (nSPS) is 13.6. The van der Waals surface area contributed by atoms with E-state index < -0.39 is 0 Å². The molecule has 1 aliphatic carbocycles. The number of aryl methyl sites for hydroxylation is 1. The zero-order chi connectivity index (χ0) is 19.1. The van der Waals surface area contributed by atoms with E-state index in [4.69, 9.17) is 0 Å². The van der Waals surface area contributed by atoms with Crippen molar-refractivity contribution in [1.29, 1.82) is 0 Å². The first-order valence-corrected chi connectivity index (χ1v) is 9.78. The van der Waals surface area contributed by atoms with Crippen LogP contribution in [0.3, 0.4) is 0 Å². The highest BCUT2D eigenvalue weighted by Gasteiger charge is 2.30. The standard InChI is InChI=1S/C22H13Br2NO2/c1-12-7-17-18(9-13(12)3-2-6-25-24)22(27)20-11-15-8-16(23)5-4-14(15)10-19(20)21(17)26/h2-11H,1H3/b3-2-,25-6+. The second kappa shape index (κ2) is 6.98. The molecule has 0 spiro atoms. The second-order valence-corrected chi connectivity index (χ2v) is 7.73. The van der Waals surface area contributed by atoms with Crippen molar-refractivity contribution in [3.05, 3.63) is 86.4 Å². The molecule has 3 nitrogen and oxygen atoms in total. The number of hydrogen-bond donors (Lipinski definition) is 0. The van der Waals surface area contributed by atoms with Gasteiger partial charge in [-0.15, -0.1) is 0 Å². The van der Waals surface area contributed by atoms with E-state index in [9.17, 15) is 9.59 Å². The van der Waals surface area contributed by atoms with Crippen molar-refractivity contribution in [2.75, 3.05) is 0 Å². The van der Waals surface area contributed by atoms with Gasteiger partial charge in [-0.2, -0.15) is 0 Å². The van der Waals surface area contributed by atoms with Crippen molar-refractivity contribution in [3.8, 4) is 0 Å². The van der Waals surface area contributed by atoms with Gasteiger partial charge in [-0.3, -0.25) is 9.59 Å². The second-order valence-electron chi connectivity index (χ2n) is 6.41. The zero-order valence-corrected chi connectivity index (χ0v) is 17.5. The number of nitrogens with zero attached hydrogens (tertiary/aromatic N) is 1. The summed E-state index contributed by atoms with van der Waals surface area (Å²) in [6, 6.07) is 13.0. The van der Waals surface area contributed by atoms with E-state index in [1.807, 2.05) is 43.3 Å². The minimum absolute atomic E-state index is 0.106. The lowest BCUT2D eigenvalue weighted by atomic mass is 9.81. The predicted octanol–water partition coefficient (Wildman–Crippen LogP) is 6.08. The fraction of sp³-hybridized carbons (Fsp3) is 0.0455. The Morgan fingerprint density at radius 1 is 0.852 bits per heavy atom. The Hall–Kier alpha value is -2.37. The monoisotopic (exact) mass is 481 g/mol. The van der Waals surface area contributed by atoms with Crippen LogP contribution in [-0.4, -0.2) is 17.8 Å². The first-order chi connectivity index (χ1) is 13.0. The molecule has 3 aromatic carbocycles. The molecular formula is C22H13Br2NO2. The van der Waals surface area contributed by atoms with Crippen LogP contribution in [-0.2, 0) is 0 Å². The number of rotatable bonds is 2. The van der Waals surface area contributed by atoms with E-state index in [0.29, 0.717) is 22.3 Å². The molecule has 0 saturated heterocycles. The van der Waals surface area contributed by atoms with Gasteiger partial charge in [-0.05, 0) is 71.3 Å². The van der Waals surface area contributed by atoms with Crippen molar-refractivity contribution >= 4 is 66.7 Å². The third-order valence-electron chi connectivity index (χ3n) is 4.74. The van der Waals surface area contributed by atoms with E-state index in [1.165, 1.54) is 0 Å². The van der Waals surface area contributed by atoms with E-state index in [2.05, 4.69) is 36.1 Å². The summed E-state index contributed by atoms with van der Waals surface area (Å²) in [5.74, 6) is -0.227. The van der Waals surface area contributed by atoms with Crippen molar-refractivity contribution < 1.29 is 9.59 Å². The molecule has 3 aromatic rings. The van der Waals surface area contributed by atoms with Crippen LogP contribution < -0.4 is 0 Å². The van der Waals surface area contributed by atoms with E-state index in [0.717, 1.165) is 26.4 Å². The topological polar surface area (TPSA) is 46.5 Å². The molecular weight excluding hydrogens is 470 g/mol. The number of allylic oxidation sites excluding steroid dienone is 1. The largest absolute Gasteiger partial charge is 0.289 e. The van der Waals surface area contributed by atoms with E-state index in [1.54, 1.807) is 24.4 Å². The van der Waals surface area contributed by atoms with Crippen molar-refractivity contribution in [2.24, 2.45) is 4.02 Å². The predicted molar refractivity (Wildman–Crippen MR) is 116 cm³/mol. The molecule has 4 rings (SSSR count). The fourth-order valence-electron chi connectivity index (χ4n) is 3.39. The number of halogens is 2. The SMILES string of the molecule is Cc1cc2c(cc1/C=C\C=N\Br)C(=O)c1cc3cc(Br)ccc3cc1C2=O. The number of hydrogen-bond acceptors (Lipinski definition) is 3. The Morgan fingerprint density at radius 2 is 1.48 bits per heavy atom. The molecule has 0 unspecified atom stereocenters. The first kappa shape index (κ1) is 18.0. The average molecular weight is 483 g/mol. The summed E-state index contributed by atoms with van der Waals surface area (Å²) in [7, 11) is 0. The molecule has 5 heteroatoms. The summed E-state index contributed by atoms with van der Waals surface area (Å²) in [6.07, 6.45) is 5.24. The number of fused-ring (bicyclic) bond motifs is 3. The van der Waals surface area contributed by atoms with Gasteiger partial charge in [0.2, 0.25) is 0 Å². The highest BCUT2D eigenvalue weighted by atomic mass is 79.9. The molecule has 0 radical (unpaired) electrons. The molecule has 0 aromatic heterocycles. The van der Waals surface area contributed by atoms with Crippen molar-refractivity contribution in [1.82, 2.24) is 0 Å². The number of ketones is 2. The minimum Gasteiger partial charge on any atom is -0.289 e. The molecule has 0 aliphatic heterocycles. The van der Waals surface area contributed by atoms with Crippen LogP contribution in [0, 0.1) is 6.92 Å². The number of carbonyl (C=O) groups excluding carboxylic acids is 2. The van der Waals surface area contributed by atoms with Gasteiger partial charge in [0.25, 0.3) is 0 Å². The van der Waals surface area contributed by atoms with Gasteiger partial charge in [0.05, 0.1) is 16.1 Å². The van der Waals surface area contributed by atoms with Crippen LogP contribution in [0.4, 0.5) is 0 Å². The summed E-state index contributed by atoms with van der Waals surface area (Å²) in [5, 5.41) is 1.86. The Morgan fingerprint density at radius 3 is 2.19 bits per heavy atom. The zero-order valence-electron chi connectivity index (χ0n) is 14.3. The Bertz CT molecular complexity index is 1190. The molecule has 0 heterocycles. The van der Waals surface area contributed by atoms with E-state index in [-0.39, 0.29) is 11.6 Å². The van der Waals surface area contributed by atoms with Crippen molar-refractivity contribution in [2.45, 2.75) is 6.92 Å². The van der Waals surface area contributed by atoms with Gasteiger partial charge in [0.15, 0.2) is 11.6 Å². The molecule has 0 amide bonds. The third-order valence-corrected chi connectivity index (χ3v) is 5.47. The highest BCUT2D eigenvalue weighted by Crippen LogP contribution is 2.33. The smallest absolute Gasteiger partial charge is 0.194 e. The van der Waals surface area contributed by atoms with Crippen LogP contribution in [0.25, 0.3) is 16.8 Å². The van der Waals surface area contributed by atoms with Gasteiger partial charge in [0, 0.05) is 32.9 Å². The Labute approximate surface area is 173 Å². The van der Waals surface area contributed by atoms with Crippen LogP contribution in [0.15, 0.2) is 57.0 Å². The van der Waals surface area contributed by atoms with Gasteiger partial charge >= 0.3 is 0 Å². The summed E-state index contributed by atoms with van der Waals surface area (Å²) in [6.45, 7) is 1.93. The maximum Gasteiger partial charge on any atom is 0.194 e. The molecule has 0 fully saturated rings. The minimum atomic E-state index is -0.120. The van der Waals surface area contributed by atoms with Gasteiger partial charge in [-0.25, -0.2) is 4.02 Å². The van der Waals surface area contributed by atoms with Crippen LogP contribution in [0.2, 0.25) is 0 Å². The summed E-state index contributed by atoms with van der Waals surface area (Å²) in [4.78, 5) is 26.2. The highest BCUT2D eigenvalue weighted by molar-refractivity contribution is 9.10. The molecule has 27 heavy (non-hydrogen) atoms. The van der Waals surface area contributed by atoms with E-state index >= 15 is 0 Å². The Balaban J connectivity index is 1.91. The quantitative estimate of drug-likeness (QED) is 0.325. The lowest BCUT2D eigenvalue weighted by Crippen LogP contribution is -2.21. The lowest BCUT2D eigenvalue weighted by molar-refractivity contribution is 0.0979. The van der Waals surface area contributed by atoms with Crippen LogP contribution in [0.5, 0.6) is 0 Å². The average Bonchev–Trinajstić information content (AvgIpc) is 2.66. The van der Waals surface area contributed by atoms with Gasteiger partial charge < -0.3 is 0 Å². The van der Waals surface area contributed by atoms with Gasteiger partial charge in [0.1, 0.15) is 0 Å². The fourth-order valence-corrected chi connectivity index (χ4v) is 3.91. The van der Waals surface area contributed by atoms with Gasteiger partial charge in [-0.1, -0.05) is 28.1 Å². The molecule has 1 aliphatic rings. The third kappa shape index (κ3) is 3.11. The molecule has 0 atom stereocenters. The number of carbonyl (C=O) groups is 2.